The topological polar surface area (TPSA) is 52.4 Å². The highest BCUT2D eigenvalue weighted by molar-refractivity contribution is 7.16. The number of thiophene rings is 1. The molecule has 1 heterocycles. The lowest BCUT2D eigenvalue weighted by Gasteiger charge is -2.05. The zero-order valence-corrected chi connectivity index (χ0v) is 10.5. The number of non-ortho nitro benzene ring substituents is 1. The summed E-state index contributed by atoms with van der Waals surface area (Å²) >= 11 is 7.07. The maximum absolute atomic E-state index is 13.5. The van der Waals surface area contributed by atoms with Gasteiger partial charge in [-0.3, -0.25) is 10.1 Å². The van der Waals surface area contributed by atoms with Gasteiger partial charge in [0.05, 0.1) is 15.3 Å². The van der Waals surface area contributed by atoms with Crippen LogP contribution in [-0.2, 0) is 6.61 Å². The molecule has 94 valence electrons. The summed E-state index contributed by atoms with van der Waals surface area (Å²) in [5.74, 6) is -0.781. The van der Waals surface area contributed by atoms with Crippen LogP contribution in [0.1, 0.15) is 4.88 Å². The fourth-order valence-corrected chi connectivity index (χ4v) is 2.30. The van der Waals surface area contributed by atoms with Crippen molar-refractivity contribution in [3.63, 3.8) is 0 Å². The number of nitrogens with zero attached hydrogens (tertiary/aromatic N) is 1. The minimum absolute atomic E-state index is 0.0230. The first-order valence-corrected chi connectivity index (χ1v) is 6.06. The van der Waals surface area contributed by atoms with Crippen LogP contribution >= 0.6 is 22.9 Å². The van der Waals surface area contributed by atoms with Gasteiger partial charge in [-0.05, 0) is 18.2 Å². The van der Waals surface area contributed by atoms with Crippen LogP contribution < -0.4 is 4.74 Å². The average molecular weight is 288 g/mol. The molecule has 0 aliphatic carbocycles. The van der Waals surface area contributed by atoms with Gasteiger partial charge in [-0.2, -0.15) is 0 Å². The smallest absolute Gasteiger partial charge is 0.272 e. The third-order valence-electron chi connectivity index (χ3n) is 2.13. The number of nitro benzene ring substituents is 1. The number of hydrogen-bond acceptors (Lipinski definition) is 4. The van der Waals surface area contributed by atoms with Crippen molar-refractivity contribution >= 4 is 28.6 Å². The van der Waals surface area contributed by atoms with E-state index in [2.05, 4.69) is 0 Å². The van der Waals surface area contributed by atoms with Crippen molar-refractivity contribution in [1.29, 1.82) is 0 Å². The minimum atomic E-state index is -0.758. The van der Waals surface area contributed by atoms with Crippen molar-refractivity contribution in [3.8, 4) is 5.75 Å². The monoisotopic (exact) mass is 287 g/mol. The first kappa shape index (κ1) is 12.8. The van der Waals surface area contributed by atoms with Gasteiger partial charge >= 0.3 is 0 Å². The predicted octanol–water partition coefficient (Wildman–Crippen LogP) is 4.03. The van der Waals surface area contributed by atoms with E-state index < -0.39 is 10.7 Å². The van der Waals surface area contributed by atoms with E-state index in [9.17, 15) is 14.5 Å². The van der Waals surface area contributed by atoms with Gasteiger partial charge in [-0.1, -0.05) is 11.6 Å². The van der Waals surface area contributed by atoms with Gasteiger partial charge in [0, 0.05) is 10.9 Å². The highest BCUT2D eigenvalue weighted by Crippen LogP contribution is 2.26. The van der Waals surface area contributed by atoms with Crippen molar-refractivity contribution < 1.29 is 14.1 Å². The second-order valence-corrected chi connectivity index (χ2v) is 5.17. The Labute approximate surface area is 111 Å². The molecule has 0 amide bonds. The molecule has 7 heteroatoms. The summed E-state index contributed by atoms with van der Waals surface area (Å²) in [6.45, 7) is 0.173. The summed E-state index contributed by atoms with van der Waals surface area (Å²) in [5.41, 5.74) is -0.306. The minimum Gasteiger partial charge on any atom is -0.485 e. The molecule has 2 rings (SSSR count). The van der Waals surface area contributed by atoms with E-state index in [4.69, 9.17) is 16.3 Å². The van der Waals surface area contributed by atoms with E-state index in [1.807, 2.05) is 0 Å². The molecule has 0 aliphatic rings. The molecule has 0 radical (unpaired) electrons. The Morgan fingerprint density at radius 2 is 2.17 bits per heavy atom. The molecule has 0 aliphatic heterocycles. The third-order valence-corrected chi connectivity index (χ3v) is 3.33. The molecule has 1 aromatic heterocycles. The molecule has 0 N–H and O–H groups in total. The number of halogens is 2. The zero-order chi connectivity index (χ0) is 13.1. The Morgan fingerprint density at radius 3 is 2.72 bits per heavy atom. The summed E-state index contributed by atoms with van der Waals surface area (Å²) in [7, 11) is 0. The summed E-state index contributed by atoms with van der Waals surface area (Å²) < 4.78 is 19.3. The average Bonchev–Trinajstić information content (AvgIpc) is 2.73. The van der Waals surface area contributed by atoms with Crippen molar-refractivity contribution in [1.82, 2.24) is 0 Å². The van der Waals surface area contributed by atoms with Crippen molar-refractivity contribution in [2.45, 2.75) is 6.61 Å². The van der Waals surface area contributed by atoms with Crippen LogP contribution in [0.25, 0.3) is 0 Å². The standard InChI is InChI=1S/C11H7ClFNO3S/c12-11-4-2-8(18-11)6-17-10-3-1-7(14(15)16)5-9(10)13/h1-5H,6H2. The van der Waals surface area contributed by atoms with E-state index in [-0.39, 0.29) is 18.0 Å². The second-order valence-electron chi connectivity index (χ2n) is 3.37. The van der Waals surface area contributed by atoms with Crippen LogP contribution in [-0.4, -0.2) is 4.92 Å². The lowest BCUT2D eigenvalue weighted by molar-refractivity contribution is -0.385. The molecule has 0 saturated heterocycles. The fraction of sp³-hybridized carbons (Fsp3) is 0.0909. The van der Waals surface area contributed by atoms with Gasteiger partial charge in [-0.25, -0.2) is 4.39 Å². The summed E-state index contributed by atoms with van der Waals surface area (Å²) in [6.07, 6.45) is 0. The Bertz CT molecular complexity index is 587. The quantitative estimate of drug-likeness (QED) is 0.630. The fourth-order valence-electron chi connectivity index (χ4n) is 1.30. The number of nitro groups is 1. The first-order chi connectivity index (χ1) is 8.56. The molecule has 4 nitrogen and oxygen atoms in total. The molecule has 0 bridgehead atoms. The predicted molar refractivity (Wildman–Crippen MR) is 66.7 cm³/mol. The van der Waals surface area contributed by atoms with Crippen LogP contribution in [0.5, 0.6) is 5.75 Å². The van der Waals surface area contributed by atoms with E-state index in [1.165, 1.54) is 23.5 Å². The van der Waals surface area contributed by atoms with Gasteiger partial charge in [-0.15, -0.1) is 11.3 Å². The van der Waals surface area contributed by atoms with Gasteiger partial charge in [0.25, 0.3) is 5.69 Å². The lowest BCUT2D eigenvalue weighted by Crippen LogP contribution is -1.96. The molecule has 0 atom stereocenters. The molecule has 0 saturated carbocycles. The number of rotatable bonds is 4. The van der Waals surface area contributed by atoms with Gasteiger partial charge in [0.1, 0.15) is 6.61 Å². The van der Waals surface area contributed by atoms with E-state index >= 15 is 0 Å². The highest BCUT2D eigenvalue weighted by Gasteiger charge is 2.11. The SMILES string of the molecule is O=[N+]([O-])c1ccc(OCc2ccc(Cl)s2)c(F)c1. The van der Waals surface area contributed by atoms with E-state index in [0.717, 1.165) is 10.9 Å². The molecule has 0 spiro atoms. The lowest BCUT2D eigenvalue weighted by atomic mass is 10.3. The maximum Gasteiger partial charge on any atom is 0.272 e. The van der Waals surface area contributed by atoms with E-state index in [0.29, 0.717) is 4.34 Å². The maximum atomic E-state index is 13.5. The molecule has 1 aromatic carbocycles. The number of ether oxygens (including phenoxy) is 1. The number of benzene rings is 1. The molecule has 0 unspecified atom stereocenters. The van der Waals surface area contributed by atoms with Crippen molar-refractivity contribution in [2.24, 2.45) is 0 Å². The molecular formula is C11H7ClFNO3S. The van der Waals surface area contributed by atoms with Gasteiger partial charge in [0.2, 0.25) is 0 Å². The van der Waals surface area contributed by atoms with Crippen LogP contribution in [0, 0.1) is 15.9 Å². The summed E-state index contributed by atoms with van der Waals surface area (Å²) in [5, 5.41) is 10.4. The van der Waals surface area contributed by atoms with Gasteiger partial charge < -0.3 is 4.74 Å². The first-order valence-electron chi connectivity index (χ1n) is 4.87. The summed E-state index contributed by atoms with van der Waals surface area (Å²) in [4.78, 5) is 10.6. The second kappa shape index (κ2) is 5.32. The third kappa shape index (κ3) is 2.96. The zero-order valence-electron chi connectivity index (χ0n) is 8.93. The normalized spacial score (nSPS) is 10.3. The van der Waals surface area contributed by atoms with Crippen LogP contribution in [0.2, 0.25) is 4.34 Å². The Morgan fingerprint density at radius 1 is 1.39 bits per heavy atom. The van der Waals surface area contributed by atoms with Crippen LogP contribution in [0.15, 0.2) is 30.3 Å². The highest BCUT2D eigenvalue weighted by atomic mass is 35.5. The number of hydrogen-bond donors (Lipinski definition) is 0. The Balaban J connectivity index is 2.08. The van der Waals surface area contributed by atoms with Crippen LogP contribution in [0.3, 0.4) is 0 Å². The van der Waals surface area contributed by atoms with E-state index in [1.54, 1.807) is 12.1 Å². The Kier molecular flexibility index (Phi) is 3.78. The molecular weight excluding hydrogens is 281 g/mol. The van der Waals surface area contributed by atoms with Crippen molar-refractivity contribution in [2.75, 3.05) is 0 Å². The molecule has 0 fully saturated rings. The van der Waals surface area contributed by atoms with Crippen molar-refractivity contribution in [3.05, 3.63) is 55.5 Å². The summed E-state index contributed by atoms with van der Waals surface area (Å²) in [6, 6.07) is 6.76. The molecule has 18 heavy (non-hydrogen) atoms. The Hall–Kier alpha value is -1.66. The molecule has 2 aromatic rings. The van der Waals surface area contributed by atoms with Gasteiger partial charge in [0.15, 0.2) is 11.6 Å². The van der Waals surface area contributed by atoms with Crippen LogP contribution in [0.4, 0.5) is 10.1 Å². The largest absolute Gasteiger partial charge is 0.485 e.